The predicted molar refractivity (Wildman–Crippen MR) is 86.9 cm³/mol. The maximum Gasteiger partial charge on any atom is 0.313 e. The van der Waals surface area contributed by atoms with Gasteiger partial charge in [-0.15, -0.1) is 0 Å². The molecule has 3 rings (SSSR count). The van der Waals surface area contributed by atoms with E-state index in [0.717, 1.165) is 35.8 Å². The van der Waals surface area contributed by atoms with Crippen molar-refractivity contribution in [1.29, 1.82) is 0 Å². The zero-order chi connectivity index (χ0) is 15.4. The lowest BCUT2D eigenvalue weighted by Gasteiger charge is -2.21. The van der Waals surface area contributed by atoms with Crippen LogP contribution in [0.1, 0.15) is 37.7 Å². The van der Waals surface area contributed by atoms with Gasteiger partial charge in [0.1, 0.15) is 0 Å². The van der Waals surface area contributed by atoms with E-state index >= 15 is 0 Å². The van der Waals surface area contributed by atoms with Crippen molar-refractivity contribution in [2.45, 2.75) is 38.2 Å². The largest absolute Gasteiger partial charge is 0.466 e. The van der Waals surface area contributed by atoms with Crippen molar-refractivity contribution in [3.8, 4) is 0 Å². The summed E-state index contributed by atoms with van der Waals surface area (Å²) in [4.78, 5) is 12.5. The number of carbonyl (C=O) groups is 1. The first-order valence-electron chi connectivity index (χ1n) is 8.05. The Balaban J connectivity index is 1.97. The van der Waals surface area contributed by atoms with Gasteiger partial charge in [0, 0.05) is 6.61 Å². The fourth-order valence-corrected chi connectivity index (χ4v) is 3.24. The Kier molecular flexibility index (Phi) is 4.74. The van der Waals surface area contributed by atoms with Crippen molar-refractivity contribution in [3.63, 3.8) is 0 Å². The average molecular weight is 298 g/mol. The summed E-state index contributed by atoms with van der Waals surface area (Å²) in [6.07, 6.45) is 2.97. The standard InChI is InChI=1S/C19H22O3/c1-2-21-19(20)18(13-15-9-6-12-22-15)17-11-5-8-14-7-3-4-10-16(14)17/h3-5,7-8,10-11,15,18H,2,6,9,12-13H2,1H3. The van der Waals surface area contributed by atoms with Gasteiger partial charge in [0.2, 0.25) is 0 Å². The molecule has 3 heteroatoms. The van der Waals surface area contributed by atoms with Crippen LogP contribution in [0.25, 0.3) is 10.8 Å². The second-order valence-corrected chi connectivity index (χ2v) is 5.74. The first kappa shape index (κ1) is 15.0. The molecule has 0 saturated carbocycles. The lowest BCUT2D eigenvalue weighted by molar-refractivity contribution is -0.145. The van der Waals surface area contributed by atoms with Crippen molar-refractivity contribution in [1.82, 2.24) is 0 Å². The van der Waals surface area contributed by atoms with Crippen LogP contribution in [0.2, 0.25) is 0 Å². The van der Waals surface area contributed by atoms with Crippen LogP contribution in [0.3, 0.4) is 0 Å². The summed E-state index contributed by atoms with van der Waals surface area (Å²) in [5.41, 5.74) is 1.05. The SMILES string of the molecule is CCOC(=O)C(CC1CCCO1)c1cccc2ccccc12. The Bertz CT molecular complexity index is 639. The molecule has 2 aromatic rings. The lowest BCUT2D eigenvalue weighted by Crippen LogP contribution is -2.21. The van der Waals surface area contributed by atoms with E-state index in [9.17, 15) is 4.79 Å². The first-order valence-corrected chi connectivity index (χ1v) is 8.05. The molecular weight excluding hydrogens is 276 g/mol. The van der Waals surface area contributed by atoms with Gasteiger partial charge in [0.25, 0.3) is 0 Å². The molecule has 116 valence electrons. The van der Waals surface area contributed by atoms with E-state index in [-0.39, 0.29) is 18.0 Å². The van der Waals surface area contributed by atoms with E-state index in [1.165, 1.54) is 0 Å². The molecule has 0 amide bonds. The smallest absolute Gasteiger partial charge is 0.313 e. The molecule has 0 spiro atoms. The van der Waals surface area contributed by atoms with Crippen LogP contribution in [0.4, 0.5) is 0 Å². The number of ether oxygens (including phenoxy) is 2. The normalized spacial score (nSPS) is 19.2. The van der Waals surface area contributed by atoms with E-state index < -0.39 is 0 Å². The highest BCUT2D eigenvalue weighted by molar-refractivity contribution is 5.91. The molecule has 1 heterocycles. The summed E-state index contributed by atoms with van der Waals surface area (Å²) in [7, 11) is 0. The van der Waals surface area contributed by atoms with E-state index in [1.54, 1.807) is 0 Å². The molecule has 3 nitrogen and oxygen atoms in total. The molecule has 1 fully saturated rings. The third kappa shape index (κ3) is 3.14. The minimum Gasteiger partial charge on any atom is -0.466 e. The zero-order valence-corrected chi connectivity index (χ0v) is 13.0. The Labute approximate surface area is 131 Å². The Morgan fingerprint density at radius 1 is 1.27 bits per heavy atom. The van der Waals surface area contributed by atoms with Crippen LogP contribution in [0.5, 0.6) is 0 Å². The monoisotopic (exact) mass is 298 g/mol. The van der Waals surface area contributed by atoms with Crippen molar-refractivity contribution < 1.29 is 14.3 Å². The van der Waals surface area contributed by atoms with Crippen LogP contribution in [0, 0.1) is 0 Å². The minimum absolute atomic E-state index is 0.144. The van der Waals surface area contributed by atoms with Gasteiger partial charge in [0.15, 0.2) is 0 Å². The minimum atomic E-state index is -0.255. The van der Waals surface area contributed by atoms with Crippen LogP contribution in [-0.2, 0) is 14.3 Å². The number of carbonyl (C=O) groups excluding carboxylic acids is 1. The third-order valence-corrected chi connectivity index (χ3v) is 4.29. The highest BCUT2D eigenvalue weighted by Gasteiger charge is 2.29. The number of benzene rings is 2. The van der Waals surface area contributed by atoms with Crippen LogP contribution in [0.15, 0.2) is 42.5 Å². The van der Waals surface area contributed by atoms with Crippen LogP contribution >= 0.6 is 0 Å². The molecular formula is C19H22O3. The second kappa shape index (κ2) is 6.93. The highest BCUT2D eigenvalue weighted by Crippen LogP contribution is 2.32. The molecule has 0 bridgehead atoms. The first-order chi connectivity index (χ1) is 10.8. The molecule has 0 aromatic heterocycles. The van der Waals surface area contributed by atoms with Gasteiger partial charge in [-0.3, -0.25) is 4.79 Å². The molecule has 1 aliphatic heterocycles. The third-order valence-electron chi connectivity index (χ3n) is 4.29. The summed E-state index contributed by atoms with van der Waals surface area (Å²) < 4.78 is 11.1. The Morgan fingerprint density at radius 2 is 2.09 bits per heavy atom. The van der Waals surface area contributed by atoms with E-state index in [0.29, 0.717) is 13.0 Å². The van der Waals surface area contributed by atoms with Crippen LogP contribution in [-0.4, -0.2) is 25.3 Å². The van der Waals surface area contributed by atoms with Crippen molar-refractivity contribution in [2.24, 2.45) is 0 Å². The Morgan fingerprint density at radius 3 is 2.86 bits per heavy atom. The fourth-order valence-electron chi connectivity index (χ4n) is 3.24. The summed E-state index contributed by atoms with van der Waals surface area (Å²) in [6.45, 7) is 3.06. The van der Waals surface area contributed by atoms with E-state index in [4.69, 9.17) is 9.47 Å². The molecule has 0 N–H and O–H groups in total. The predicted octanol–water partition coefficient (Wildman–Crippen LogP) is 4.06. The second-order valence-electron chi connectivity index (χ2n) is 5.74. The van der Waals surface area contributed by atoms with Crippen LogP contribution < -0.4 is 0 Å². The summed E-state index contributed by atoms with van der Waals surface area (Å²) in [5.74, 6) is -0.400. The quantitative estimate of drug-likeness (QED) is 0.781. The molecule has 1 saturated heterocycles. The molecule has 2 unspecified atom stereocenters. The summed E-state index contributed by atoms with van der Waals surface area (Å²) in [5, 5.41) is 2.28. The number of rotatable bonds is 5. The molecule has 0 aliphatic carbocycles. The van der Waals surface area contributed by atoms with Crippen molar-refractivity contribution >= 4 is 16.7 Å². The maximum absolute atomic E-state index is 12.5. The van der Waals surface area contributed by atoms with Gasteiger partial charge >= 0.3 is 5.97 Å². The molecule has 1 aliphatic rings. The van der Waals surface area contributed by atoms with E-state index in [1.807, 2.05) is 31.2 Å². The molecule has 2 aromatic carbocycles. The fraction of sp³-hybridized carbons (Fsp3) is 0.421. The number of hydrogen-bond donors (Lipinski definition) is 0. The van der Waals surface area contributed by atoms with Crippen molar-refractivity contribution in [3.05, 3.63) is 48.0 Å². The number of fused-ring (bicyclic) bond motifs is 1. The van der Waals surface area contributed by atoms with Gasteiger partial charge in [-0.2, -0.15) is 0 Å². The lowest BCUT2D eigenvalue weighted by atomic mass is 9.88. The van der Waals surface area contributed by atoms with Gasteiger partial charge < -0.3 is 9.47 Å². The zero-order valence-electron chi connectivity index (χ0n) is 13.0. The Hall–Kier alpha value is -1.87. The number of hydrogen-bond acceptors (Lipinski definition) is 3. The molecule has 0 radical (unpaired) electrons. The summed E-state index contributed by atoms with van der Waals surface area (Å²) in [6, 6.07) is 14.3. The molecule has 22 heavy (non-hydrogen) atoms. The van der Waals surface area contributed by atoms with Gasteiger partial charge in [-0.05, 0) is 42.5 Å². The van der Waals surface area contributed by atoms with Gasteiger partial charge in [-0.25, -0.2) is 0 Å². The van der Waals surface area contributed by atoms with Gasteiger partial charge in [-0.1, -0.05) is 42.5 Å². The topological polar surface area (TPSA) is 35.5 Å². The van der Waals surface area contributed by atoms with Gasteiger partial charge in [0.05, 0.1) is 18.6 Å². The maximum atomic E-state index is 12.5. The van der Waals surface area contributed by atoms with E-state index in [2.05, 4.69) is 18.2 Å². The molecule has 2 atom stereocenters. The summed E-state index contributed by atoms with van der Waals surface area (Å²) >= 11 is 0. The number of esters is 1. The van der Waals surface area contributed by atoms with Crippen molar-refractivity contribution in [2.75, 3.05) is 13.2 Å². The average Bonchev–Trinajstić information content (AvgIpc) is 3.05. The highest BCUT2D eigenvalue weighted by atomic mass is 16.5.